The zero-order valence-electron chi connectivity index (χ0n) is 20.0. The van der Waals surface area contributed by atoms with E-state index in [4.69, 9.17) is 4.74 Å². The molecule has 0 bridgehead atoms. The summed E-state index contributed by atoms with van der Waals surface area (Å²) in [6, 6.07) is 15.7. The van der Waals surface area contributed by atoms with E-state index in [9.17, 15) is 19.5 Å². The zero-order chi connectivity index (χ0) is 24.5. The summed E-state index contributed by atoms with van der Waals surface area (Å²) in [6.45, 7) is 2.81. The van der Waals surface area contributed by atoms with Crippen molar-refractivity contribution in [2.45, 2.75) is 57.0 Å². The second-order valence-corrected chi connectivity index (χ2v) is 10.3. The maximum atomic E-state index is 12.8. The topological polar surface area (TPSA) is 95.9 Å². The Labute approximate surface area is 205 Å². The number of rotatable bonds is 6. The number of carboxylic acid groups (broad SMARTS) is 1. The number of hydrogen-bond donors (Lipinski definition) is 2. The summed E-state index contributed by atoms with van der Waals surface area (Å²) >= 11 is 0. The number of nitrogens with zero attached hydrogens (tertiary/aromatic N) is 1. The van der Waals surface area contributed by atoms with E-state index in [0.29, 0.717) is 38.1 Å². The molecule has 3 aliphatic rings. The van der Waals surface area contributed by atoms with E-state index in [2.05, 4.69) is 29.6 Å². The van der Waals surface area contributed by atoms with Crippen LogP contribution in [-0.4, -0.2) is 53.2 Å². The Morgan fingerprint density at radius 2 is 1.63 bits per heavy atom. The Hall–Kier alpha value is -3.35. The Kier molecular flexibility index (Phi) is 6.50. The molecule has 1 saturated carbocycles. The maximum Gasteiger partial charge on any atom is 0.407 e. The van der Waals surface area contributed by atoms with Gasteiger partial charge in [-0.05, 0) is 59.8 Å². The molecule has 1 aliphatic heterocycles. The van der Waals surface area contributed by atoms with Crippen LogP contribution in [0.5, 0.6) is 0 Å². The van der Waals surface area contributed by atoms with Crippen molar-refractivity contribution in [3.63, 3.8) is 0 Å². The number of carbonyl (C=O) groups excluding carboxylic acids is 2. The van der Waals surface area contributed by atoms with E-state index >= 15 is 0 Å². The van der Waals surface area contributed by atoms with Crippen LogP contribution in [0.2, 0.25) is 0 Å². The van der Waals surface area contributed by atoms with Crippen molar-refractivity contribution < 1.29 is 24.2 Å². The molecule has 2 aromatic carbocycles. The summed E-state index contributed by atoms with van der Waals surface area (Å²) < 4.78 is 5.62. The summed E-state index contributed by atoms with van der Waals surface area (Å²) in [5.41, 5.74) is 4.74. The number of likely N-dealkylation sites (tertiary alicyclic amines) is 1. The van der Waals surface area contributed by atoms with Crippen molar-refractivity contribution in [2.24, 2.45) is 11.8 Å². The minimum absolute atomic E-state index is 0.0138. The van der Waals surface area contributed by atoms with Gasteiger partial charge in [-0.1, -0.05) is 55.5 Å². The Morgan fingerprint density at radius 3 is 2.26 bits per heavy atom. The van der Waals surface area contributed by atoms with Crippen LogP contribution in [0, 0.1) is 11.8 Å². The first-order valence-electron chi connectivity index (χ1n) is 12.5. The van der Waals surface area contributed by atoms with Crippen molar-refractivity contribution in [2.75, 3.05) is 13.2 Å². The molecule has 184 valence electrons. The molecule has 1 saturated heterocycles. The van der Waals surface area contributed by atoms with Crippen molar-refractivity contribution in [3.8, 4) is 11.1 Å². The molecular formula is C28H32N2O5. The van der Waals surface area contributed by atoms with Gasteiger partial charge in [-0.25, -0.2) is 9.59 Å². The summed E-state index contributed by atoms with van der Waals surface area (Å²) in [5, 5.41) is 12.4. The van der Waals surface area contributed by atoms with E-state index in [1.54, 1.807) is 0 Å². The van der Waals surface area contributed by atoms with Gasteiger partial charge < -0.3 is 20.1 Å². The number of piperidine rings is 1. The third-order valence-electron chi connectivity index (χ3n) is 7.83. The van der Waals surface area contributed by atoms with E-state index in [-0.39, 0.29) is 30.4 Å². The van der Waals surface area contributed by atoms with Gasteiger partial charge in [0.1, 0.15) is 12.6 Å². The lowest BCUT2D eigenvalue weighted by Gasteiger charge is -2.39. The first kappa shape index (κ1) is 23.4. The molecule has 2 N–H and O–H groups in total. The Bertz CT molecular complexity index is 1080. The van der Waals surface area contributed by atoms with Crippen molar-refractivity contribution in [1.29, 1.82) is 0 Å². The lowest BCUT2D eigenvalue weighted by molar-refractivity contribution is -0.153. The largest absolute Gasteiger partial charge is 0.480 e. The van der Waals surface area contributed by atoms with Crippen LogP contribution in [0.15, 0.2) is 48.5 Å². The van der Waals surface area contributed by atoms with Gasteiger partial charge in [0.15, 0.2) is 0 Å². The third-order valence-corrected chi connectivity index (χ3v) is 7.83. The van der Waals surface area contributed by atoms with E-state index < -0.39 is 18.1 Å². The molecule has 7 heteroatoms. The highest BCUT2D eigenvalue weighted by atomic mass is 16.5. The molecule has 2 amide bonds. The highest BCUT2D eigenvalue weighted by Crippen LogP contribution is 2.44. The molecule has 7 nitrogen and oxygen atoms in total. The smallest absolute Gasteiger partial charge is 0.407 e. The van der Waals surface area contributed by atoms with E-state index in [1.165, 1.54) is 27.2 Å². The number of carboxylic acids is 1. The minimum atomic E-state index is -0.923. The molecule has 2 unspecified atom stereocenters. The number of aliphatic carboxylic acids is 1. The van der Waals surface area contributed by atoms with Gasteiger partial charge >= 0.3 is 12.1 Å². The molecule has 5 rings (SSSR count). The Morgan fingerprint density at radius 1 is 1.00 bits per heavy atom. The standard InChI is InChI=1S/C28H32N2O5/c1-17-10-11-30(25(12-17)27(32)33)26(31)15-18-13-19(14-18)29-28(34)35-16-24-22-8-4-2-6-20(22)21-7-3-5-9-23(21)24/h2-9,17-19,24-25H,10-16H2,1H3,(H,29,34)(H,32,33). The fraction of sp³-hybridized carbons (Fsp3) is 0.464. The van der Waals surface area contributed by atoms with E-state index in [0.717, 1.165) is 6.42 Å². The van der Waals surface area contributed by atoms with Gasteiger partial charge in [-0.3, -0.25) is 4.79 Å². The second kappa shape index (κ2) is 9.72. The molecule has 2 aromatic rings. The van der Waals surface area contributed by atoms with Gasteiger partial charge in [0.05, 0.1) is 0 Å². The van der Waals surface area contributed by atoms with Gasteiger partial charge in [0.2, 0.25) is 5.91 Å². The number of nitrogens with one attached hydrogen (secondary N) is 1. The van der Waals surface area contributed by atoms with Crippen LogP contribution in [0.4, 0.5) is 4.79 Å². The monoisotopic (exact) mass is 476 g/mol. The van der Waals surface area contributed by atoms with Crippen LogP contribution in [0.25, 0.3) is 11.1 Å². The summed E-state index contributed by atoms with van der Waals surface area (Å²) in [4.78, 5) is 38.4. The lowest BCUT2D eigenvalue weighted by atomic mass is 9.77. The van der Waals surface area contributed by atoms with Gasteiger partial charge in [0, 0.05) is 24.9 Å². The normalized spacial score (nSPS) is 25.2. The fourth-order valence-electron chi connectivity index (χ4n) is 5.87. The molecule has 0 aromatic heterocycles. The maximum absolute atomic E-state index is 12.8. The van der Waals surface area contributed by atoms with Crippen molar-refractivity contribution >= 4 is 18.0 Å². The number of benzene rings is 2. The molecule has 0 spiro atoms. The highest BCUT2D eigenvalue weighted by Gasteiger charge is 2.38. The molecule has 2 fully saturated rings. The van der Waals surface area contributed by atoms with E-state index in [1.807, 2.05) is 31.2 Å². The van der Waals surface area contributed by atoms with Gasteiger partial charge in [-0.15, -0.1) is 0 Å². The first-order valence-corrected chi connectivity index (χ1v) is 12.5. The third kappa shape index (κ3) is 4.77. The van der Waals surface area contributed by atoms with Crippen LogP contribution in [0.1, 0.15) is 56.1 Å². The van der Waals surface area contributed by atoms with Crippen LogP contribution in [0.3, 0.4) is 0 Å². The predicted octanol–water partition coefficient (Wildman–Crippen LogP) is 4.41. The van der Waals surface area contributed by atoms with Crippen molar-refractivity contribution in [1.82, 2.24) is 10.2 Å². The number of fused-ring (bicyclic) bond motifs is 3. The van der Waals surface area contributed by atoms with Gasteiger partial charge in [0.25, 0.3) is 0 Å². The molecule has 2 atom stereocenters. The Balaban J connectivity index is 1.09. The first-order chi connectivity index (χ1) is 16.9. The predicted molar refractivity (Wildman–Crippen MR) is 131 cm³/mol. The molecular weight excluding hydrogens is 444 g/mol. The summed E-state index contributed by atoms with van der Waals surface area (Å²) in [6.07, 6.45) is 2.67. The number of hydrogen-bond acceptors (Lipinski definition) is 4. The average Bonchev–Trinajstić information content (AvgIpc) is 3.15. The number of alkyl carbamates (subject to hydrolysis) is 1. The number of amides is 2. The quantitative estimate of drug-likeness (QED) is 0.644. The number of ether oxygens (including phenoxy) is 1. The summed E-state index contributed by atoms with van der Waals surface area (Å²) in [7, 11) is 0. The lowest BCUT2D eigenvalue weighted by Crippen LogP contribution is -2.51. The van der Waals surface area contributed by atoms with Crippen LogP contribution >= 0.6 is 0 Å². The highest BCUT2D eigenvalue weighted by molar-refractivity contribution is 5.84. The molecule has 0 radical (unpaired) electrons. The number of carbonyl (C=O) groups is 3. The second-order valence-electron chi connectivity index (χ2n) is 10.3. The van der Waals surface area contributed by atoms with Crippen molar-refractivity contribution in [3.05, 3.63) is 59.7 Å². The van der Waals surface area contributed by atoms with Gasteiger partial charge in [-0.2, -0.15) is 0 Å². The van der Waals surface area contributed by atoms with Crippen LogP contribution < -0.4 is 5.32 Å². The summed E-state index contributed by atoms with van der Waals surface area (Å²) in [5.74, 6) is -0.513. The zero-order valence-corrected chi connectivity index (χ0v) is 20.0. The average molecular weight is 477 g/mol. The molecule has 35 heavy (non-hydrogen) atoms. The SMILES string of the molecule is CC1CCN(C(=O)CC2CC(NC(=O)OCC3c4ccccc4-c4ccccc43)C2)C(C(=O)O)C1. The van der Waals surface area contributed by atoms with Crippen LogP contribution in [-0.2, 0) is 14.3 Å². The molecule has 2 aliphatic carbocycles. The fourth-order valence-corrected chi connectivity index (χ4v) is 5.87. The molecule has 1 heterocycles. The minimum Gasteiger partial charge on any atom is -0.480 e.